The fourth-order valence-electron chi connectivity index (χ4n) is 2.09. The highest BCUT2D eigenvalue weighted by Gasteiger charge is 2.06. The third kappa shape index (κ3) is 3.85. The Morgan fingerprint density at radius 3 is 2.25 bits per heavy atom. The molecule has 0 saturated heterocycles. The molecule has 0 radical (unpaired) electrons. The van der Waals surface area contributed by atoms with Gasteiger partial charge in [0.05, 0.1) is 0 Å². The fourth-order valence-corrected chi connectivity index (χ4v) is 2.09. The maximum Gasteiger partial charge on any atom is 0.226 e. The molecular weight excluding hydrogens is 248 g/mol. The van der Waals surface area contributed by atoms with Crippen molar-refractivity contribution in [3.63, 3.8) is 0 Å². The first-order chi connectivity index (χ1) is 9.66. The molecular formula is C17H20N2O. The maximum atomic E-state index is 12.0. The molecule has 0 spiro atoms. The molecule has 2 rings (SSSR count). The van der Waals surface area contributed by atoms with E-state index in [0.717, 1.165) is 22.5 Å². The molecule has 2 aromatic carbocycles. The van der Waals surface area contributed by atoms with Crippen molar-refractivity contribution in [2.75, 3.05) is 17.2 Å². The zero-order valence-corrected chi connectivity index (χ0v) is 11.9. The molecule has 2 aromatic rings. The number of hydrogen-bond acceptors (Lipinski definition) is 2. The number of benzene rings is 2. The quantitative estimate of drug-likeness (QED) is 0.867. The van der Waals surface area contributed by atoms with E-state index in [1.54, 1.807) is 0 Å². The summed E-state index contributed by atoms with van der Waals surface area (Å²) in [5.41, 5.74) is 4.15. The minimum Gasteiger partial charge on any atom is -0.385 e. The Kier molecular flexibility index (Phi) is 4.77. The zero-order chi connectivity index (χ0) is 14.4. The van der Waals surface area contributed by atoms with Gasteiger partial charge in [-0.3, -0.25) is 4.79 Å². The normalized spacial score (nSPS) is 10.1. The van der Waals surface area contributed by atoms with Gasteiger partial charge in [-0.25, -0.2) is 0 Å². The molecule has 0 heterocycles. The second-order valence-corrected chi connectivity index (χ2v) is 4.86. The van der Waals surface area contributed by atoms with Crippen LogP contribution in [0.1, 0.15) is 17.5 Å². The number of nitrogens with one attached hydrogen (secondary N) is 2. The summed E-state index contributed by atoms with van der Waals surface area (Å²) >= 11 is 0. The average molecular weight is 268 g/mol. The van der Waals surface area contributed by atoms with E-state index in [9.17, 15) is 4.79 Å². The molecule has 0 saturated carbocycles. The minimum atomic E-state index is 0.0332. The summed E-state index contributed by atoms with van der Waals surface area (Å²) in [6, 6.07) is 15.9. The average Bonchev–Trinajstić information content (AvgIpc) is 2.44. The molecule has 0 aliphatic heterocycles. The number of rotatable bonds is 5. The van der Waals surface area contributed by atoms with Crippen molar-refractivity contribution in [1.82, 2.24) is 0 Å². The first-order valence-electron chi connectivity index (χ1n) is 6.82. The Morgan fingerprint density at radius 1 is 0.950 bits per heavy atom. The summed E-state index contributed by atoms with van der Waals surface area (Å²) in [5.74, 6) is 0.0332. The van der Waals surface area contributed by atoms with E-state index < -0.39 is 0 Å². The van der Waals surface area contributed by atoms with Crippen LogP contribution in [0.15, 0.2) is 48.5 Å². The number of anilines is 2. The molecule has 0 bridgehead atoms. The predicted molar refractivity (Wildman–Crippen MR) is 84.1 cm³/mol. The van der Waals surface area contributed by atoms with E-state index in [-0.39, 0.29) is 5.91 Å². The molecule has 104 valence electrons. The van der Waals surface area contributed by atoms with Gasteiger partial charge in [-0.2, -0.15) is 0 Å². The molecule has 0 atom stereocenters. The zero-order valence-electron chi connectivity index (χ0n) is 11.9. The topological polar surface area (TPSA) is 41.1 Å². The van der Waals surface area contributed by atoms with Crippen LogP contribution >= 0.6 is 0 Å². The van der Waals surface area contributed by atoms with E-state index >= 15 is 0 Å². The van der Waals surface area contributed by atoms with Crippen LogP contribution in [0.4, 0.5) is 11.4 Å². The number of amides is 1. The Labute approximate surface area is 120 Å². The van der Waals surface area contributed by atoms with Gasteiger partial charge in [0.15, 0.2) is 0 Å². The summed E-state index contributed by atoms with van der Waals surface area (Å²) in [6.45, 7) is 4.64. The van der Waals surface area contributed by atoms with Crippen LogP contribution in [0, 0.1) is 13.8 Å². The van der Waals surface area contributed by atoms with Crippen molar-refractivity contribution >= 4 is 17.3 Å². The summed E-state index contributed by atoms with van der Waals surface area (Å²) in [6.07, 6.45) is 0.447. The van der Waals surface area contributed by atoms with Gasteiger partial charge in [-0.15, -0.1) is 0 Å². The van der Waals surface area contributed by atoms with Gasteiger partial charge in [-0.1, -0.05) is 36.4 Å². The van der Waals surface area contributed by atoms with E-state index in [0.29, 0.717) is 13.0 Å². The van der Waals surface area contributed by atoms with E-state index in [4.69, 9.17) is 0 Å². The van der Waals surface area contributed by atoms with Crippen LogP contribution in [0.5, 0.6) is 0 Å². The van der Waals surface area contributed by atoms with Crippen molar-refractivity contribution in [2.45, 2.75) is 20.3 Å². The Balaban J connectivity index is 1.84. The number of carbonyl (C=O) groups is 1. The molecule has 1 amide bonds. The van der Waals surface area contributed by atoms with Crippen LogP contribution in [0.25, 0.3) is 0 Å². The minimum absolute atomic E-state index is 0.0332. The van der Waals surface area contributed by atoms with Crippen molar-refractivity contribution in [3.8, 4) is 0 Å². The van der Waals surface area contributed by atoms with Crippen molar-refractivity contribution in [3.05, 3.63) is 59.7 Å². The molecule has 2 N–H and O–H groups in total. The van der Waals surface area contributed by atoms with Crippen LogP contribution < -0.4 is 10.6 Å². The number of para-hydroxylation sites is 2. The Morgan fingerprint density at radius 2 is 1.60 bits per heavy atom. The highest BCUT2D eigenvalue weighted by molar-refractivity contribution is 5.92. The van der Waals surface area contributed by atoms with Crippen LogP contribution in [0.3, 0.4) is 0 Å². The highest BCUT2D eigenvalue weighted by Crippen LogP contribution is 2.19. The molecule has 0 aliphatic rings. The molecule has 3 heteroatoms. The lowest BCUT2D eigenvalue weighted by Gasteiger charge is -2.12. The standard InChI is InChI=1S/C17H20N2O/c1-13-7-6-8-14(2)17(13)19-16(20)11-12-18-15-9-4-3-5-10-15/h3-10,18H,11-12H2,1-2H3,(H,19,20). The second kappa shape index (κ2) is 6.75. The molecule has 0 unspecified atom stereocenters. The molecule has 0 aliphatic carbocycles. The monoisotopic (exact) mass is 268 g/mol. The first-order valence-corrected chi connectivity index (χ1v) is 6.82. The van der Waals surface area contributed by atoms with Crippen molar-refractivity contribution in [1.29, 1.82) is 0 Å². The first kappa shape index (κ1) is 14.1. The Hall–Kier alpha value is -2.29. The molecule has 20 heavy (non-hydrogen) atoms. The molecule has 3 nitrogen and oxygen atoms in total. The predicted octanol–water partition coefficient (Wildman–Crippen LogP) is 3.74. The van der Waals surface area contributed by atoms with Crippen molar-refractivity contribution in [2.24, 2.45) is 0 Å². The van der Waals surface area contributed by atoms with Crippen LogP contribution in [-0.4, -0.2) is 12.5 Å². The largest absolute Gasteiger partial charge is 0.385 e. The van der Waals surface area contributed by atoms with E-state index in [1.807, 2.05) is 62.4 Å². The second-order valence-electron chi connectivity index (χ2n) is 4.86. The summed E-state index contributed by atoms with van der Waals surface area (Å²) in [5, 5.41) is 6.22. The summed E-state index contributed by atoms with van der Waals surface area (Å²) in [7, 11) is 0. The molecule has 0 aromatic heterocycles. The SMILES string of the molecule is Cc1cccc(C)c1NC(=O)CCNc1ccccc1. The van der Waals surface area contributed by atoms with Crippen LogP contribution in [0.2, 0.25) is 0 Å². The smallest absolute Gasteiger partial charge is 0.226 e. The van der Waals surface area contributed by atoms with Gasteiger partial charge < -0.3 is 10.6 Å². The highest BCUT2D eigenvalue weighted by atomic mass is 16.1. The summed E-state index contributed by atoms with van der Waals surface area (Å²) in [4.78, 5) is 12.0. The lowest BCUT2D eigenvalue weighted by Crippen LogP contribution is -2.17. The number of aryl methyl sites for hydroxylation is 2. The van der Waals surface area contributed by atoms with Gasteiger partial charge in [0.2, 0.25) is 5.91 Å². The Bertz CT molecular complexity index is 559. The van der Waals surface area contributed by atoms with Gasteiger partial charge in [0.25, 0.3) is 0 Å². The lowest BCUT2D eigenvalue weighted by molar-refractivity contribution is -0.115. The third-order valence-electron chi connectivity index (χ3n) is 3.20. The van der Waals surface area contributed by atoms with Gasteiger partial charge in [0, 0.05) is 24.3 Å². The van der Waals surface area contributed by atoms with Crippen molar-refractivity contribution < 1.29 is 4.79 Å². The number of carbonyl (C=O) groups excluding carboxylic acids is 1. The molecule has 0 fully saturated rings. The van der Waals surface area contributed by atoms with E-state index in [1.165, 1.54) is 0 Å². The summed E-state index contributed by atoms with van der Waals surface area (Å²) < 4.78 is 0. The third-order valence-corrected chi connectivity index (χ3v) is 3.20. The van der Waals surface area contributed by atoms with E-state index in [2.05, 4.69) is 10.6 Å². The van der Waals surface area contributed by atoms with Gasteiger partial charge in [0.1, 0.15) is 0 Å². The number of hydrogen-bond donors (Lipinski definition) is 2. The maximum absolute atomic E-state index is 12.0. The van der Waals surface area contributed by atoms with Gasteiger partial charge >= 0.3 is 0 Å². The van der Waals surface area contributed by atoms with Crippen LogP contribution in [-0.2, 0) is 4.79 Å². The van der Waals surface area contributed by atoms with Gasteiger partial charge in [-0.05, 0) is 37.1 Å². The fraction of sp³-hybridized carbons (Fsp3) is 0.235. The lowest BCUT2D eigenvalue weighted by atomic mass is 10.1.